The summed E-state index contributed by atoms with van der Waals surface area (Å²) in [4.78, 5) is 63.4. The number of rotatable bonds is 7. The minimum Gasteiger partial charge on any atom is -0.471 e. The van der Waals surface area contributed by atoms with Crippen LogP contribution in [-0.2, 0) is 30.8 Å². The number of aryl methyl sites for hydroxylation is 1. The van der Waals surface area contributed by atoms with E-state index in [-0.39, 0.29) is 37.2 Å². The van der Waals surface area contributed by atoms with Crippen LogP contribution in [0.3, 0.4) is 0 Å². The lowest BCUT2D eigenvalue weighted by atomic mass is 10.1. The van der Waals surface area contributed by atoms with Gasteiger partial charge in [0.15, 0.2) is 5.82 Å². The van der Waals surface area contributed by atoms with Gasteiger partial charge in [-0.1, -0.05) is 38.0 Å². The smallest absolute Gasteiger partial charge is 0.405 e. The van der Waals surface area contributed by atoms with E-state index in [1.165, 1.54) is 17.0 Å². The topological polar surface area (TPSA) is 197 Å². The maximum absolute atomic E-state index is 14.6. The molecule has 5 atom stereocenters. The summed E-state index contributed by atoms with van der Waals surface area (Å²) in [7, 11) is -3.91. The number of hydrogen-bond acceptors (Lipinski definition) is 9. The molecule has 2 aromatic rings. The number of fused-ring (bicyclic) bond motifs is 3. The first-order valence-corrected chi connectivity index (χ1v) is 17.9. The minimum absolute atomic E-state index is 0.000908. The van der Waals surface area contributed by atoms with Crippen molar-refractivity contribution in [1.82, 2.24) is 30.2 Å². The molecule has 0 spiro atoms. The van der Waals surface area contributed by atoms with Gasteiger partial charge in [-0.05, 0) is 57.1 Å². The predicted molar refractivity (Wildman–Crippen MR) is 170 cm³/mol. The molecule has 2 aliphatic carbocycles. The number of carbonyl (C=O) groups excluding carboxylic acids is 3. The number of ether oxygens (including phenoxy) is 1. The Bertz CT molecular complexity index is 1770. The summed E-state index contributed by atoms with van der Waals surface area (Å²) in [5.74, 6) is -3.19. The Hall–Kier alpha value is -4.34. The van der Waals surface area contributed by atoms with Crippen LogP contribution in [0.5, 0.6) is 5.88 Å². The molecule has 0 radical (unpaired) electrons. The fraction of sp³-hybridized carbons (Fsp3) is 0.562. The van der Waals surface area contributed by atoms with Gasteiger partial charge in [0, 0.05) is 12.3 Å². The molecule has 0 bridgehead atoms. The van der Waals surface area contributed by atoms with E-state index in [9.17, 15) is 37.1 Å². The van der Waals surface area contributed by atoms with Crippen molar-refractivity contribution in [2.75, 3.05) is 6.54 Å². The number of carboxylic acid groups (broad SMARTS) is 1. The monoisotopic (exact) mass is 686 g/mol. The Kier molecular flexibility index (Phi) is 9.29. The van der Waals surface area contributed by atoms with Crippen LogP contribution < -0.4 is 20.1 Å². The van der Waals surface area contributed by atoms with E-state index in [0.717, 1.165) is 6.42 Å². The summed E-state index contributed by atoms with van der Waals surface area (Å²) in [6.45, 7) is 1.70. The third-order valence-corrected chi connectivity index (χ3v) is 11.3. The molecular formula is C32H39FN6O8S. The first kappa shape index (κ1) is 33.6. The van der Waals surface area contributed by atoms with Gasteiger partial charge in [0.1, 0.15) is 34.9 Å². The second-order valence-corrected chi connectivity index (χ2v) is 14.9. The fourth-order valence-electron chi connectivity index (χ4n) is 6.54. The Balaban J connectivity index is 1.31. The lowest BCUT2D eigenvalue weighted by Gasteiger charge is -2.29. The van der Waals surface area contributed by atoms with E-state index in [4.69, 9.17) is 4.74 Å². The van der Waals surface area contributed by atoms with Crippen LogP contribution in [0.15, 0.2) is 30.4 Å². The number of para-hydroxylation sites is 1. The van der Waals surface area contributed by atoms with E-state index >= 15 is 0 Å². The summed E-state index contributed by atoms with van der Waals surface area (Å²) in [5, 5.41) is 13.9. The molecule has 2 saturated carbocycles. The highest BCUT2D eigenvalue weighted by molar-refractivity contribution is 7.91. The van der Waals surface area contributed by atoms with Gasteiger partial charge in [-0.25, -0.2) is 27.6 Å². The number of benzene rings is 1. The van der Waals surface area contributed by atoms with E-state index in [0.29, 0.717) is 49.7 Å². The van der Waals surface area contributed by atoms with Crippen LogP contribution in [0.2, 0.25) is 0 Å². The highest BCUT2D eigenvalue weighted by Gasteiger charge is 2.62. The lowest BCUT2D eigenvalue weighted by Crippen LogP contribution is -2.58. The second kappa shape index (κ2) is 13.3. The molecule has 6 rings (SSSR count). The molecular weight excluding hydrogens is 647 g/mol. The number of allylic oxidation sites excluding steroid dienone is 1. The summed E-state index contributed by atoms with van der Waals surface area (Å²) >= 11 is 0. The third kappa shape index (κ3) is 6.93. The molecule has 4 amide bonds. The van der Waals surface area contributed by atoms with E-state index in [1.807, 2.05) is 19.1 Å². The zero-order chi connectivity index (χ0) is 34.2. The van der Waals surface area contributed by atoms with Crippen molar-refractivity contribution in [3.05, 3.63) is 41.9 Å². The quantitative estimate of drug-likeness (QED) is 0.314. The maximum Gasteiger partial charge on any atom is 0.405 e. The summed E-state index contributed by atoms with van der Waals surface area (Å²) < 4.78 is 48.4. The van der Waals surface area contributed by atoms with Gasteiger partial charge in [0.2, 0.25) is 27.7 Å². The number of amides is 4. The molecule has 2 aliphatic heterocycles. The van der Waals surface area contributed by atoms with Gasteiger partial charge in [0.05, 0.1) is 17.3 Å². The molecule has 14 nitrogen and oxygen atoms in total. The molecule has 258 valence electrons. The molecule has 48 heavy (non-hydrogen) atoms. The Morgan fingerprint density at radius 2 is 1.96 bits per heavy atom. The Morgan fingerprint density at radius 1 is 1.17 bits per heavy atom. The van der Waals surface area contributed by atoms with Gasteiger partial charge < -0.3 is 25.4 Å². The summed E-state index contributed by atoms with van der Waals surface area (Å²) in [6.07, 6.45) is 5.74. The van der Waals surface area contributed by atoms with Gasteiger partial charge in [-0.15, -0.1) is 0 Å². The van der Waals surface area contributed by atoms with Crippen LogP contribution in [0.25, 0.3) is 11.0 Å². The molecule has 3 heterocycles. The molecule has 4 N–H and O–H groups in total. The van der Waals surface area contributed by atoms with E-state index in [2.05, 4.69) is 25.3 Å². The fourth-order valence-corrected chi connectivity index (χ4v) is 7.91. The first-order valence-electron chi connectivity index (χ1n) is 16.4. The van der Waals surface area contributed by atoms with Crippen molar-refractivity contribution in [2.45, 2.75) is 100 Å². The van der Waals surface area contributed by atoms with Gasteiger partial charge in [-0.3, -0.25) is 19.1 Å². The highest BCUT2D eigenvalue weighted by Crippen LogP contribution is 2.46. The van der Waals surface area contributed by atoms with Crippen molar-refractivity contribution in [1.29, 1.82) is 0 Å². The minimum atomic E-state index is -3.91. The van der Waals surface area contributed by atoms with Crippen LogP contribution in [0, 0.1) is 11.7 Å². The first-order chi connectivity index (χ1) is 22.9. The van der Waals surface area contributed by atoms with Gasteiger partial charge >= 0.3 is 6.09 Å². The maximum atomic E-state index is 14.6. The molecule has 1 aromatic heterocycles. The number of halogens is 1. The zero-order valence-electron chi connectivity index (χ0n) is 26.5. The van der Waals surface area contributed by atoms with Crippen molar-refractivity contribution in [2.24, 2.45) is 5.92 Å². The molecule has 1 saturated heterocycles. The van der Waals surface area contributed by atoms with Crippen molar-refractivity contribution in [3.63, 3.8) is 0 Å². The molecule has 1 aromatic carbocycles. The highest BCUT2D eigenvalue weighted by atomic mass is 32.2. The average Bonchev–Trinajstić information content (AvgIpc) is 3.96. The number of sulfonamides is 1. The SMILES string of the molecule is CCc1nc2cccc(F)c2nc1O[C@@H]1C[C@H]2C(=O)N[C@]3(C(=O)NS(=O)(=O)C4CC4)C[C@H]3/C=C\CCCCC[C@H](NC(=O)O)C(=O)N2C1. The number of hydrogen-bond donors (Lipinski definition) is 4. The van der Waals surface area contributed by atoms with Gasteiger partial charge in [0.25, 0.3) is 5.91 Å². The van der Waals surface area contributed by atoms with Crippen molar-refractivity contribution < 1.29 is 41.8 Å². The molecule has 0 unspecified atom stereocenters. The van der Waals surface area contributed by atoms with E-state index < -0.39 is 74.5 Å². The van der Waals surface area contributed by atoms with E-state index in [1.54, 1.807) is 6.07 Å². The van der Waals surface area contributed by atoms with Crippen molar-refractivity contribution >= 4 is 44.9 Å². The Morgan fingerprint density at radius 3 is 2.69 bits per heavy atom. The predicted octanol–water partition coefficient (Wildman–Crippen LogP) is 2.32. The number of nitrogens with one attached hydrogen (secondary N) is 3. The molecule has 16 heteroatoms. The normalized spacial score (nSPS) is 28.7. The zero-order valence-corrected chi connectivity index (χ0v) is 27.3. The standard InChI is InChI=1S/C32H39FN6O8S/c1-2-22-28(36-26-21(33)10-8-12-23(26)34-22)47-19-15-25-27(40)37-32(30(42)38-48(45,46)20-13-14-20)16-18(32)9-6-4-3-5-7-11-24(35-31(43)44)29(41)39(25)17-19/h6,8-10,12,18-20,24-25,35H,2-5,7,11,13-17H2,1H3,(H,37,40)(H,38,42)(H,43,44)/b9-6-/t18-,19-,24+,25+,32-/m1/s1. The van der Waals surface area contributed by atoms with Crippen LogP contribution >= 0.6 is 0 Å². The van der Waals surface area contributed by atoms with Crippen LogP contribution in [0.4, 0.5) is 9.18 Å². The van der Waals surface area contributed by atoms with Crippen LogP contribution in [-0.4, -0.2) is 87.7 Å². The lowest BCUT2D eigenvalue weighted by molar-refractivity contribution is -0.141. The molecule has 3 fully saturated rings. The number of aromatic nitrogens is 2. The Labute approximate surface area is 276 Å². The third-order valence-electron chi connectivity index (χ3n) is 9.43. The van der Waals surface area contributed by atoms with Crippen LogP contribution in [0.1, 0.15) is 70.4 Å². The largest absolute Gasteiger partial charge is 0.471 e. The average molecular weight is 687 g/mol. The van der Waals surface area contributed by atoms with Crippen molar-refractivity contribution in [3.8, 4) is 5.88 Å². The molecule has 4 aliphatic rings. The summed E-state index contributed by atoms with van der Waals surface area (Å²) in [6, 6.07) is 2.05. The number of carbonyl (C=O) groups is 4. The summed E-state index contributed by atoms with van der Waals surface area (Å²) in [5.41, 5.74) is -0.757. The second-order valence-electron chi connectivity index (χ2n) is 12.9. The van der Waals surface area contributed by atoms with Gasteiger partial charge in [-0.2, -0.15) is 0 Å². The number of nitrogens with zero attached hydrogens (tertiary/aromatic N) is 3.